The molecular formula is C20H19Cl3N4O2S. The van der Waals surface area contributed by atoms with E-state index in [2.05, 4.69) is 15.5 Å². The molecule has 1 heterocycles. The molecule has 0 fully saturated rings. The lowest BCUT2D eigenvalue weighted by Crippen LogP contribution is -2.15. The van der Waals surface area contributed by atoms with E-state index in [-0.39, 0.29) is 18.3 Å². The Morgan fingerprint density at radius 1 is 1.13 bits per heavy atom. The number of aryl methyl sites for hydroxylation is 2. The van der Waals surface area contributed by atoms with E-state index >= 15 is 0 Å². The Bertz CT molecular complexity index is 1060. The van der Waals surface area contributed by atoms with Crippen LogP contribution in [0.1, 0.15) is 17.0 Å². The van der Waals surface area contributed by atoms with Crippen LogP contribution in [0.25, 0.3) is 0 Å². The fourth-order valence-electron chi connectivity index (χ4n) is 2.64. The minimum absolute atomic E-state index is 0.154. The molecule has 0 spiro atoms. The van der Waals surface area contributed by atoms with Crippen molar-refractivity contribution in [1.82, 2.24) is 14.8 Å². The highest BCUT2D eigenvalue weighted by molar-refractivity contribution is 7.99. The molecule has 30 heavy (non-hydrogen) atoms. The molecule has 3 rings (SSSR count). The second-order valence-corrected chi connectivity index (χ2v) is 8.74. The summed E-state index contributed by atoms with van der Waals surface area (Å²) in [6, 6.07) is 8.66. The first-order chi connectivity index (χ1) is 14.2. The van der Waals surface area contributed by atoms with Crippen LogP contribution in [0, 0.1) is 13.8 Å². The molecule has 0 aliphatic heterocycles. The van der Waals surface area contributed by atoms with Crippen LogP contribution in [0.3, 0.4) is 0 Å². The van der Waals surface area contributed by atoms with Gasteiger partial charge in [-0.05, 0) is 55.3 Å². The minimum Gasteiger partial charge on any atom is -0.486 e. The Balaban J connectivity index is 1.56. The van der Waals surface area contributed by atoms with Crippen LogP contribution in [-0.2, 0) is 18.4 Å². The molecule has 0 atom stereocenters. The van der Waals surface area contributed by atoms with Crippen molar-refractivity contribution in [2.45, 2.75) is 25.6 Å². The largest absolute Gasteiger partial charge is 0.486 e. The number of thioether (sulfide) groups is 1. The van der Waals surface area contributed by atoms with Gasteiger partial charge in [-0.15, -0.1) is 10.2 Å². The highest BCUT2D eigenvalue weighted by Gasteiger charge is 2.13. The monoisotopic (exact) mass is 484 g/mol. The van der Waals surface area contributed by atoms with Gasteiger partial charge in [0.1, 0.15) is 12.4 Å². The lowest BCUT2D eigenvalue weighted by Gasteiger charge is -2.10. The van der Waals surface area contributed by atoms with Crippen molar-refractivity contribution < 1.29 is 9.53 Å². The van der Waals surface area contributed by atoms with Crippen LogP contribution in [0.4, 0.5) is 5.69 Å². The lowest BCUT2D eigenvalue weighted by molar-refractivity contribution is -0.113. The quantitative estimate of drug-likeness (QED) is 0.435. The zero-order valence-electron chi connectivity index (χ0n) is 16.5. The van der Waals surface area contributed by atoms with Crippen LogP contribution in [-0.4, -0.2) is 26.4 Å². The summed E-state index contributed by atoms with van der Waals surface area (Å²) in [7, 11) is 1.83. The van der Waals surface area contributed by atoms with Gasteiger partial charge in [0.25, 0.3) is 0 Å². The number of ether oxygens (including phenoxy) is 1. The number of nitrogens with one attached hydrogen (secondary N) is 1. The van der Waals surface area contributed by atoms with Gasteiger partial charge in [0, 0.05) is 17.1 Å². The third kappa shape index (κ3) is 5.60. The molecule has 1 aromatic heterocycles. The van der Waals surface area contributed by atoms with Gasteiger partial charge in [0.05, 0.1) is 16.5 Å². The van der Waals surface area contributed by atoms with Gasteiger partial charge in [-0.2, -0.15) is 0 Å². The Hall–Kier alpha value is -1.93. The van der Waals surface area contributed by atoms with Gasteiger partial charge in [-0.3, -0.25) is 4.79 Å². The SMILES string of the molecule is Cc1cc(OCc2nnc(SCC(=O)Nc3ccc(Cl)cc3Cl)n2C)cc(C)c1Cl. The number of carbonyl (C=O) groups excluding carboxylic acids is 1. The number of halogens is 3. The van der Waals surface area contributed by atoms with Gasteiger partial charge >= 0.3 is 0 Å². The highest BCUT2D eigenvalue weighted by Crippen LogP contribution is 2.27. The fraction of sp³-hybridized carbons (Fsp3) is 0.250. The Morgan fingerprint density at radius 3 is 2.50 bits per heavy atom. The molecule has 10 heteroatoms. The second-order valence-electron chi connectivity index (χ2n) is 6.58. The first kappa shape index (κ1) is 22.7. The van der Waals surface area contributed by atoms with Crippen LogP contribution < -0.4 is 10.1 Å². The van der Waals surface area contributed by atoms with Gasteiger partial charge in [-0.25, -0.2) is 0 Å². The Morgan fingerprint density at radius 2 is 1.83 bits per heavy atom. The molecule has 0 unspecified atom stereocenters. The van der Waals surface area contributed by atoms with E-state index in [1.807, 2.05) is 33.0 Å². The Labute approximate surface area is 193 Å². The van der Waals surface area contributed by atoms with E-state index in [4.69, 9.17) is 39.5 Å². The summed E-state index contributed by atoms with van der Waals surface area (Å²) >= 11 is 19.4. The zero-order chi connectivity index (χ0) is 21.8. The van der Waals surface area contributed by atoms with E-state index in [1.54, 1.807) is 22.8 Å². The van der Waals surface area contributed by atoms with E-state index in [1.165, 1.54) is 11.8 Å². The Kier molecular flexibility index (Phi) is 7.52. The van der Waals surface area contributed by atoms with E-state index in [9.17, 15) is 4.79 Å². The predicted molar refractivity (Wildman–Crippen MR) is 122 cm³/mol. The van der Waals surface area contributed by atoms with Gasteiger partial charge in [-0.1, -0.05) is 46.6 Å². The smallest absolute Gasteiger partial charge is 0.234 e. The predicted octanol–water partition coefficient (Wildman–Crippen LogP) is 5.70. The van der Waals surface area contributed by atoms with Crippen molar-refractivity contribution >= 4 is 58.2 Å². The molecule has 1 N–H and O–H groups in total. The van der Waals surface area contributed by atoms with Crippen molar-refractivity contribution in [2.24, 2.45) is 7.05 Å². The van der Waals surface area contributed by atoms with Crippen molar-refractivity contribution in [3.05, 3.63) is 62.4 Å². The number of carbonyl (C=O) groups is 1. The van der Waals surface area contributed by atoms with Crippen LogP contribution in [0.2, 0.25) is 15.1 Å². The number of amides is 1. The van der Waals surface area contributed by atoms with Gasteiger partial charge in [0.15, 0.2) is 11.0 Å². The van der Waals surface area contributed by atoms with Gasteiger partial charge < -0.3 is 14.6 Å². The maximum absolute atomic E-state index is 12.2. The van der Waals surface area contributed by atoms with Crippen molar-refractivity contribution in [3.63, 3.8) is 0 Å². The molecule has 0 saturated heterocycles. The maximum Gasteiger partial charge on any atom is 0.234 e. The summed E-state index contributed by atoms with van der Waals surface area (Å²) in [5.74, 6) is 1.30. The van der Waals surface area contributed by atoms with Crippen LogP contribution >= 0.6 is 46.6 Å². The summed E-state index contributed by atoms with van der Waals surface area (Å²) in [4.78, 5) is 12.2. The standard InChI is InChI=1S/C20H19Cl3N4O2S/c1-11-6-14(7-12(2)19(11)23)29-9-17-25-26-20(27(17)3)30-10-18(28)24-16-5-4-13(21)8-15(16)22/h4-8H,9-10H2,1-3H3,(H,24,28). The third-order valence-corrected chi connectivity index (χ3v) is 6.40. The topological polar surface area (TPSA) is 69.0 Å². The van der Waals surface area contributed by atoms with E-state index < -0.39 is 0 Å². The maximum atomic E-state index is 12.2. The number of aromatic nitrogens is 3. The fourth-order valence-corrected chi connectivity index (χ4v) is 3.94. The lowest BCUT2D eigenvalue weighted by atomic mass is 10.1. The number of benzene rings is 2. The molecule has 0 aliphatic rings. The molecule has 158 valence electrons. The number of nitrogens with zero attached hydrogens (tertiary/aromatic N) is 3. The molecule has 0 saturated carbocycles. The molecular weight excluding hydrogens is 467 g/mol. The average Bonchev–Trinajstić information content (AvgIpc) is 3.04. The van der Waals surface area contributed by atoms with Gasteiger partial charge in [0.2, 0.25) is 5.91 Å². The molecule has 0 bridgehead atoms. The zero-order valence-corrected chi connectivity index (χ0v) is 19.6. The van der Waals surface area contributed by atoms with Crippen LogP contribution in [0.5, 0.6) is 5.75 Å². The molecule has 0 radical (unpaired) electrons. The highest BCUT2D eigenvalue weighted by atomic mass is 35.5. The second kappa shape index (κ2) is 9.92. The minimum atomic E-state index is -0.211. The van der Waals surface area contributed by atoms with Crippen molar-refractivity contribution in [3.8, 4) is 5.75 Å². The third-order valence-electron chi connectivity index (χ3n) is 4.24. The normalized spacial score (nSPS) is 10.9. The first-order valence-corrected chi connectivity index (χ1v) is 11.0. The molecule has 0 aliphatic carbocycles. The first-order valence-electron chi connectivity index (χ1n) is 8.90. The number of hydrogen-bond donors (Lipinski definition) is 1. The molecule has 6 nitrogen and oxygen atoms in total. The number of anilines is 1. The van der Waals surface area contributed by atoms with E-state index in [0.29, 0.717) is 32.5 Å². The number of hydrogen-bond acceptors (Lipinski definition) is 5. The molecule has 2 aromatic carbocycles. The van der Waals surface area contributed by atoms with Crippen LogP contribution in [0.15, 0.2) is 35.5 Å². The summed E-state index contributed by atoms with van der Waals surface area (Å²) in [6.07, 6.45) is 0. The van der Waals surface area contributed by atoms with Crippen molar-refractivity contribution in [2.75, 3.05) is 11.1 Å². The summed E-state index contributed by atoms with van der Waals surface area (Å²) in [6.45, 7) is 4.11. The van der Waals surface area contributed by atoms with Crippen molar-refractivity contribution in [1.29, 1.82) is 0 Å². The number of rotatable bonds is 7. The molecule has 1 amide bonds. The van der Waals surface area contributed by atoms with E-state index in [0.717, 1.165) is 16.1 Å². The average molecular weight is 486 g/mol. The molecule has 3 aromatic rings. The summed E-state index contributed by atoms with van der Waals surface area (Å²) in [5, 5.41) is 13.3. The summed E-state index contributed by atoms with van der Waals surface area (Å²) in [5.41, 5.74) is 2.41. The summed E-state index contributed by atoms with van der Waals surface area (Å²) < 4.78 is 7.63.